The van der Waals surface area contributed by atoms with Gasteiger partial charge in [-0.1, -0.05) is 30.3 Å². The number of anilines is 1. The molecular weight excluding hydrogens is 284 g/mol. The lowest BCUT2D eigenvalue weighted by atomic mass is 10.1. The minimum Gasteiger partial charge on any atom is -0.369 e. The minimum atomic E-state index is 0.922. The Morgan fingerprint density at radius 1 is 1.00 bits per heavy atom. The summed E-state index contributed by atoms with van der Waals surface area (Å²) in [5, 5.41) is 8.87. The van der Waals surface area contributed by atoms with Gasteiger partial charge in [0.1, 0.15) is 0 Å². The number of benzene rings is 2. The van der Waals surface area contributed by atoms with Gasteiger partial charge in [-0.3, -0.25) is 10.00 Å². The molecule has 0 spiro atoms. The maximum atomic E-state index is 4.50. The van der Waals surface area contributed by atoms with Crippen LogP contribution in [-0.2, 0) is 6.54 Å². The Morgan fingerprint density at radius 3 is 2.65 bits per heavy atom. The van der Waals surface area contributed by atoms with Crippen molar-refractivity contribution in [2.75, 3.05) is 31.1 Å². The summed E-state index contributed by atoms with van der Waals surface area (Å²) in [5.41, 5.74) is 4.95. The van der Waals surface area contributed by atoms with E-state index in [1.54, 1.807) is 0 Å². The number of para-hydroxylation sites is 1. The smallest absolute Gasteiger partial charge is 0.0840 e. The number of nitrogens with zero attached hydrogens (tertiary/aromatic N) is 3. The number of hydrogen-bond acceptors (Lipinski definition) is 3. The monoisotopic (exact) mass is 306 g/mol. The molecule has 4 heteroatoms. The van der Waals surface area contributed by atoms with Crippen molar-refractivity contribution in [3.05, 3.63) is 59.8 Å². The first-order valence-corrected chi connectivity index (χ1v) is 8.25. The first-order chi connectivity index (χ1) is 11.3. The zero-order valence-electron chi connectivity index (χ0n) is 13.5. The molecule has 1 aromatic heterocycles. The van der Waals surface area contributed by atoms with Gasteiger partial charge in [0.05, 0.1) is 11.2 Å². The molecule has 0 aliphatic carbocycles. The van der Waals surface area contributed by atoms with Crippen molar-refractivity contribution in [1.29, 1.82) is 0 Å². The van der Waals surface area contributed by atoms with Crippen LogP contribution in [0.2, 0.25) is 0 Å². The zero-order chi connectivity index (χ0) is 15.6. The minimum absolute atomic E-state index is 0.922. The van der Waals surface area contributed by atoms with Gasteiger partial charge in [-0.15, -0.1) is 0 Å². The Labute approximate surface area is 136 Å². The highest BCUT2D eigenvalue weighted by molar-refractivity contribution is 5.81. The van der Waals surface area contributed by atoms with E-state index in [-0.39, 0.29) is 0 Å². The molecule has 0 radical (unpaired) electrons. The topological polar surface area (TPSA) is 35.2 Å². The molecule has 0 saturated carbocycles. The molecule has 1 aliphatic rings. The van der Waals surface area contributed by atoms with Gasteiger partial charge in [0.25, 0.3) is 0 Å². The van der Waals surface area contributed by atoms with Crippen LogP contribution < -0.4 is 4.90 Å². The first kappa shape index (κ1) is 14.3. The van der Waals surface area contributed by atoms with Crippen LogP contribution in [-0.4, -0.2) is 41.3 Å². The van der Waals surface area contributed by atoms with E-state index in [4.69, 9.17) is 0 Å². The standard InChI is InChI=1S/C19H22N4/c1-15-5-4-6-16(13-15)23-11-9-22(10-12-23)14-19-17-7-2-3-8-18(17)20-21-19/h2-8,13H,9-12,14H2,1H3,(H,20,21). The van der Waals surface area contributed by atoms with Gasteiger partial charge in [-0.25, -0.2) is 0 Å². The zero-order valence-corrected chi connectivity index (χ0v) is 13.5. The van der Waals surface area contributed by atoms with Crippen LogP contribution in [0.1, 0.15) is 11.3 Å². The Kier molecular flexibility index (Phi) is 3.75. The summed E-state index contributed by atoms with van der Waals surface area (Å²) in [7, 11) is 0. The fourth-order valence-corrected chi connectivity index (χ4v) is 3.34. The Morgan fingerprint density at radius 2 is 1.83 bits per heavy atom. The Hall–Kier alpha value is -2.33. The lowest BCUT2D eigenvalue weighted by Gasteiger charge is -2.36. The van der Waals surface area contributed by atoms with E-state index in [2.05, 4.69) is 69.4 Å². The maximum Gasteiger partial charge on any atom is 0.0840 e. The van der Waals surface area contributed by atoms with Gasteiger partial charge in [-0.2, -0.15) is 5.10 Å². The third kappa shape index (κ3) is 2.94. The van der Waals surface area contributed by atoms with Crippen molar-refractivity contribution in [3.63, 3.8) is 0 Å². The van der Waals surface area contributed by atoms with Gasteiger partial charge in [0.2, 0.25) is 0 Å². The molecule has 118 valence electrons. The van der Waals surface area contributed by atoms with Crippen LogP contribution in [0, 0.1) is 6.92 Å². The SMILES string of the molecule is Cc1cccc(N2CCN(Cc3n[nH]c4ccccc34)CC2)c1. The molecule has 1 N–H and O–H groups in total. The predicted octanol–water partition coefficient (Wildman–Crippen LogP) is 3.19. The van der Waals surface area contributed by atoms with Crippen molar-refractivity contribution >= 4 is 16.6 Å². The summed E-state index contributed by atoms with van der Waals surface area (Å²) < 4.78 is 0. The third-order valence-electron chi connectivity index (χ3n) is 4.66. The maximum absolute atomic E-state index is 4.50. The van der Waals surface area contributed by atoms with Gasteiger partial charge in [-0.05, 0) is 30.7 Å². The summed E-state index contributed by atoms with van der Waals surface area (Å²) in [4.78, 5) is 4.97. The average Bonchev–Trinajstić information content (AvgIpc) is 2.99. The average molecular weight is 306 g/mol. The summed E-state index contributed by atoms with van der Waals surface area (Å²) >= 11 is 0. The van der Waals surface area contributed by atoms with E-state index in [1.807, 2.05) is 6.07 Å². The molecule has 1 saturated heterocycles. The number of aromatic amines is 1. The summed E-state index contributed by atoms with van der Waals surface area (Å²) in [6.45, 7) is 7.38. The van der Waals surface area contributed by atoms with Gasteiger partial charge >= 0.3 is 0 Å². The summed E-state index contributed by atoms with van der Waals surface area (Å²) in [5.74, 6) is 0. The molecule has 2 aromatic carbocycles. The molecule has 1 fully saturated rings. The van der Waals surface area contributed by atoms with Gasteiger partial charge in [0.15, 0.2) is 0 Å². The number of nitrogens with one attached hydrogen (secondary N) is 1. The highest BCUT2D eigenvalue weighted by Gasteiger charge is 2.19. The fourth-order valence-electron chi connectivity index (χ4n) is 3.34. The van der Waals surface area contributed by atoms with E-state index in [1.165, 1.54) is 16.6 Å². The number of fused-ring (bicyclic) bond motifs is 1. The number of hydrogen-bond donors (Lipinski definition) is 1. The third-order valence-corrected chi connectivity index (χ3v) is 4.66. The normalized spacial score (nSPS) is 16.1. The van der Waals surface area contributed by atoms with Crippen molar-refractivity contribution in [3.8, 4) is 0 Å². The van der Waals surface area contributed by atoms with Crippen LogP contribution in [0.25, 0.3) is 10.9 Å². The van der Waals surface area contributed by atoms with E-state index >= 15 is 0 Å². The van der Waals surface area contributed by atoms with E-state index in [0.717, 1.165) is 43.9 Å². The molecule has 4 rings (SSSR count). The van der Waals surface area contributed by atoms with Gasteiger partial charge < -0.3 is 4.90 Å². The first-order valence-electron chi connectivity index (χ1n) is 8.25. The number of aryl methyl sites for hydroxylation is 1. The molecule has 0 unspecified atom stereocenters. The molecule has 23 heavy (non-hydrogen) atoms. The molecule has 4 nitrogen and oxygen atoms in total. The number of aromatic nitrogens is 2. The number of rotatable bonds is 3. The molecular formula is C19H22N4. The van der Waals surface area contributed by atoms with Crippen LogP contribution in [0.4, 0.5) is 5.69 Å². The summed E-state index contributed by atoms with van der Waals surface area (Å²) in [6.07, 6.45) is 0. The summed E-state index contributed by atoms with van der Waals surface area (Å²) in [6, 6.07) is 17.1. The lowest BCUT2D eigenvalue weighted by Crippen LogP contribution is -2.46. The van der Waals surface area contributed by atoms with Crippen molar-refractivity contribution < 1.29 is 0 Å². The van der Waals surface area contributed by atoms with E-state index in [0.29, 0.717) is 0 Å². The van der Waals surface area contributed by atoms with Crippen LogP contribution >= 0.6 is 0 Å². The fraction of sp³-hybridized carbons (Fsp3) is 0.316. The quantitative estimate of drug-likeness (QED) is 0.807. The highest BCUT2D eigenvalue weighted by Crippen LogP contribution is 2.20. The van der Waals surface area contributed by atoms with Crippen LogP contribution in [0.15, 0.2) is 48.5 Å². The van der Waals surface area contributed by atoms with Gasteiger partial charge in [0, 0.05) is 43.8 Å². The molecule has 0 atom stereocenters. The largest absolute Gasteiger partial charge is 0.369 e. The lowest BCUT2D eigenvalue weighted by molar-refractivity contribution is 0.248. The predicted molar refractivity (Wildman–Crippen MR) is 94.8 cm³/mol. The highest BCUT2D eigenvalue weighted by atomic mass is 15.3. The van der Waals surface area contributed by atoms with E-state index in [9.17, 15) is 0 Å². The molecule has 2 heterocycles. The van der Waals surface area contributed by atoms with E-state index < -0.39 is 0 Å². The van der Waals surface area contributed by atoms with Crippen molar-refractivity contribution in [2.45, 2.75) is 13.5 Å². The molecule has 0 bridgehead atoms. The number of piperazine rings is 1. The van der Waals surface area contributed by atoms with Crippen molar-refractivity contribution in [2.24, 2.45) is 0 Å². The second kappa shape index (κ2) is 6.05. The number of H-pyrrole nitrogens is 1. The molecule has 1 aliphatic heterocycles. The van der Waals surface area contributed by atoms with Crippen LogP contribution in [0.5, 0.6) is 0 Å². The second-order valence-electron chi connectivity index (χ2n) is 6.32. The van der Waals surface area contributed by atoms with Crippen LogP contribution in [0.3, 0.4) is 0 Å². The molecule has 3 aromatic rings. The second-order valence-corrected chi connectivity index (χ2v) is 6.32. The van der Waals surface area contributed by atoms with Crippen molar-refractivity contribution in [1.82, 2.24) is 15.1 Å². The Balaban J connectivity index is 1.42. The molecule has 0 amide bonds. The Bertz CT molecular complexity index is 800.